The Morgan fingerprint density at radius 3 is 2.48 bits per heavy atom. The van der Waals surface area contributed by atoms with Gasteiger partial charge >= 0.3 is 0 Å². The van der Waals surface area contributed by atoms with Gasteiger partial charge in [-0.05, 0) is 32.1 Å². The lowest BCUT2D eigenvalue weighted by Gasteiger charge is -2.15. The second kappa shape index (κ2) is 4.83. The van der Waals surface area contributed by atoms with E-state index in [1.807, 2.05) is 12.2 Å². The van der Waals surface area contributed by atoms with Gasteiger partial charge in [0.25, 0.3) is 0 Å². The molecule has 4 rings (SSSR count). The topological polar surface area (TPSA) is 63.4 Å². The summed E-state index contributed by atoms with van der Waals surface area (Å²) in [6.07, 6.45) is 9.49. The van der Waals surface area contributed by atoms with Gasteiger partial charge in [0.1, 0.15) is 11.5 Å². The van der Waals surface area contributed by atoms with Crippen LogP contribution in [0.1, 0.15) is 42.7 Å². The van der Waals surface area contributed by atoms with Crippen molar-refractivity contribution in [3.05, 3.63) is 29.2 Å². The molecule has 21 heavy (non-hydrogen) atoms. The summed E-state index contributed by atoms with van der Waals surface area (Å²) in [7, 11) is 0. The Morgan fingerprint density at radius 1 is 1.10 bits per heavy atom. The Hall–Kier alpha value is -1.91. The summed E-state index contributed by atoms with van der Waals surface area (Å²) in [5.41, 5.74) is 1.90. The van der Waals surface area contributed by atoms with Gasteiger partial charge in [0.2, 0.25) is 11.8 Å². The van der Waals surface area contributed by atoms with Crippen LogP contribution in [-0.2, 0) is 29.0 Å². The molecule has 0 saturated carbocycles. The molecule has 0 spiro atoms. The number of carbonyl (C=O) groups is 2. The van der Waals surface area contributed by atoms with E-state index in [1.165, 1.54) is 4.90 Å². The summed E-state index contributed by atoms with van der Waals surface area (Å²) in [4.78, 5) is 26.3. The first kappa shape index (κ1) is 12.8. The number of amides is 2. The Bertz CT molecular complexity index is 605. The molecular weight excluding hydrogens is 268 g/mol. The molecule has 0 N–H and O–H groups in total. The maximum Gasteiger partial charge on any atom is 0.233 e. The highest BCUT2D eigenvalue weighted by Gasteiger charge is 2.47. The third-order valence-electron chi connectivity index (χ3n) is 4.94. The minimum absolute atomic E-state index is 0.0399. The summed E-state index contributed by atoms with van der Waals surface area (Å²) in [6, 6.07) is 0. The van der Waals surface area contributed by atoms with Crippen LogP contribution in [-0.4, -0.2) is 21.9 Å². The molecule has 1 saturated heterocycles. The molecule has 1 aromatic rings. The largest absolute Gasteiger partial charge is 0.361 e. The van der Waals surface area contributed by atoms with Crippen molar-refractivity contribution < 1.29 is 14.1 Å². The van der Waals surface area contributed by atoms with Gasteiger partial charge in [-0.15, -0.1) is 0 Å². The van der Waals surface area contributed by atoms with Crippen molar-refractivity contribution in [2.45, 2.75) is 45.1 Å². The smallest absolute Gasteiger partial charge is 0.233 e. The number of hydrogen-bond donors (Lipinski definition) is 0. The fourth-order valence-corrected chi connectivity index (χ4v) is 3.75. The number of rotatable bonds is 2. The second-order valence-electron chi connectivity index (χ2n) is 6.16. The summed E-state index contributed by atoms with van der Waals surface area (Å²) >= 11 is 0. The van der Waals surface area contributed by atoms with Crippen molar-refractivity contribution in [2.24, 2.45) is 11.8 Å². The lowest BCUT2D eigenvalue weighted by molar-refractivity contribution is -0.140. The summed E-state index contributed by atoms with van der Waals surface area (Å²) in [5.74, 6) is 0.536. The van der Waals surface area contributed by atoms with Crippen molar-refractivity contribution >= 4 is 11.8 Å². The molecule has 5 heteroatoms. The average molecular weight is 286 g/mol. The number of aryl methyl sites for hydroxylation is 1. The van der Waals surface area contributed by atoms with E-state index in [0.717, 1.165) is 42.7 Å². The number of aromatic nitrogens is 1. The van der Waals surface area contributed by atoms with Crippen molar-refractivity contribution in [3.8, 4) is 0 Å². The highest BCUT2D eigenvalue weighted by atomic mass is 16.5. The highest BCUT2D eigenvalue weighted by Crippen LogP contribution is 2.36. The van der Waals surface area contributed by atoms with Crippen LogP contribution in [0.4, 0.5) is 0 Å². The summed E-state index contributed by atoms with van der Waals surface area (Å²) < 4.78 is 5.37. The predicted octanol–water partition coefficient (Wildman–Crippen LogP) is 2.00. The molecule has 0 unspecified atom stereocenters. The zero-order valence-corrected chi connectivity index (χ0v) is 11.9. The van der Waals surface area contributed by atoms with Crippen molar-refractivity contribution in [2.75, 3.05) is 0 Å². The fourth-order valence-electron chi connectivity index (χ4n) is 3.75. The zero-order valence-electron chi connectivity index (χ0n) is 11.9. The number of fused-ring (bicyclic) bond motifs is 2. The first-order chi connectivity index (χ1) is 10.3. The molecule has 2 heterocycles. The molecule has 0 radical (unpaired) electrons. The first-order valence-corrected chi connectivity index (χ1v) is 7.72. The Morgan fingerprint density at radius 2 is 1.76 bits per heavy atom. The standard InChI is InChI=1S/C16H18N2O3/c19-15-10-5-1-2-6-11(10)16(20)18(15)9-13-12-7-3-4-8-14(12)21-17-13/h1-2,10-11H,3-9H2/t10-,11-/m1/s1. The molecule has 0 aromatic carbocycles. The normalized spacial score (nSPS) is 27.9. The van der Waals surface area contributed by atoms with Crippen molar-refractivity contribution in [1.82, 2.24) is 10.1 Å². The SMILES string of the molecule is O=C1[C@@H]2CC=CC[C@H]2C(=O)N1Cc1noc2c1CCCC2. The fraction of sp³-hybridized carbons (Fsp3) is 0.562. The Kier molecular flexibility index (Phi) is 2.94. The molecule has 2 aliphatic carbocycles. The molecule has 1 fully saturated rings. The zero-order chi connectivity index (χ0) is 14.4. The molecule has 3 aliphatic rings. The maximum absolute atomic E-state index is 12.5. The van der Waals surface area contributed by atoms with Gasteiger partial charge in [-0.1, -0.05) is 17.3 Å². The highest BCUT2D eigenvalue weighted by molar-refractivity contribution is 6.05. The number of likely N-dealkylation sites (tertiary alicyclic amines) is 1. The molecule has 2 amide bonds. The number of allylic oxidation sites excluding steroid dienone is 2. The van der Waals surface area contributed by atoms with Crippen LogP contribution in [0, 0.1) is 11.8 Å². The molecule has 110 valence electrons. The van der Waals surface area contributed by atoms with Gasteiger partial charge in [-0.3, -0.25) is 14.5 Å². The minimum Gasteiger partial charge on any atom is -0.361 e. The minimum atomic E-state index is -0.162. The van der Waals surface area contributed by atoms with Crippen LogP contribution >= 0.6 is 0 Å². The van der Waals surface area contributed by atoms with E-state index >= 15 is 0 Å². The number of nitrogens with zero attached hydrogens (tertiary/aromatic N) is 2. The lowest BCUT2D eigenvalue weighted by atomic mass is 9.85. The molecule has 5 nitrogen and oxygen atoms in total. The lowest BCUT2D eigenvalue weighted by Crippen LogP contribution is -2.31. The summed E-state index contributed by atoms with van der Waals surface area (Å²) in [5, 5.41) is 4.11. The van der Waals surface area contributed by atoms with E-state index in [2.05, 4.69) is 5.16 Å². The van der Waals surface area contributed by atoms with E-state index in [0.29, 0.717) is 12.8 Å². The van der Waals surface area contributed by atoms with Crippen LogP contribution < -0.4 is 0 Å². The van der Waals surface area contributed by atoms with Crippen LogP contribution in [0.15, 0.2) is 16.7 Å². The van der Waals surface area contributed by atoms with Gasteiger partial charge in [-0.2, -0.15) is 0 Å². The van der Waals surface area contributed by atoms with Gasteiger partial charge in [0.15, 0.2) is 0 Å². The van der Waals surface area contributed by atoms with Gasteiger partial charge in [-0.25, -0.2) is 0 Å². The number of hydrogen-bond acceptors (Lipinski definition) is 4. The third kappa shape index (κ3) is 1.94. The maximum atomic E-state index is 12.5. The van der Waals surface area contributed by atoms with E-state index < -0.39 is 0 Å². The van der Waals surface area contributed by atoms with Crippen LogP contribution in [0.25, 0.3) is 0 Å². The van der Waals surface area contributed by atoms with E-state index in [9.17, 15) is 9.59 Å². The van der Waals surface area contributed by atoms with Crippen LogP contribution in [0.2, 0.25) is 0 Å². The molecule has 2 atom stereocenters. The van der Waals surface area contributed by atoms with E-state index in [1.54, 1.807) is 0 Å². The summed E-state index contributed by atoms with van der Waals surface area (Å²) in [6.45, 7) is 0.281. The Balaban J connectivity index is 1.59. The van der Waals surface area contributed by atoms with Crippen molar-refractivity contribution in [1.29, 1.82) is 0 Å². The second-order valence-corrected chi connectivity index (χ2v) is 6.16. The number of imide groups is 1. The molecule has 1 aliphatic heterocycles. The van der Waals surface area contributed by atoms with Crippen LogP contribution in [0.5, 0.6) is 0 Å². The Labute approximate surface area is 123 Å². The van der Waals surface area contributed by atoms with Crippen molar-refractivity contribution in [3.63, 3.8) is 0 Å². The number of carbonyl (C=O) groups excluding carboxylic acids is 2. The average Bonchev–Trinajstić information content (AvgIpc) is 3.04. The van der Waals surface area contributed by atoms with Crippen LogP contribution in [0.3, 0.4) is 0 Å². The molecule has 0 bridgehead atoms. The quantitative estimate of drug-likeness (QED) is 0.616. The van der Waals surface area contributed by atoms with E-state index in [-0.39, 0.29) is 30.2 Å². The predicted molar refractivity (Wildman–Crippen MR) is 74.1 cm³/mol. The van der Waals surface area contributed by atoms with Gasteiger partial charge < -0.3 is 4.52 Å². The third-order valence-corrected chi connectivity index (χ3v) is 4.94. The first-order valence-electron chi connectivity index (χ1n) is 7.72. The van der Waals surface area contributed by atoms with E-state index in [4.69, 9.17) is 4.52 Å². The monoisotopic (exact) mass is 286 g/mol. The van der Waals surface area contributed by atoms with Gasteiger partial charge in [0, 0.05) is 12.0 Å². The molecule has 1 aromatic heterocycles. The van der Waals surface area contributed by atoms with Gasteiger partial charge in [0.05, 0.1) is 18.4 Å². The molecular formula is C16H18N2O3.